The van der Waals surface area contributed by atoms with E-state index in [1.165, 1.54) is 5.39 Å². The summed E-state index contributed by atoms with van der Waals surface area (Å²) in [6, 6.07) is 10.3. The fourth-order valence-electron chi connectivity index (χ4n) is 4.56. The topological polar surface area (TPSA) is 64.1 Å². The van der Waals surface area contributed by atoms with Crippen LogP contribution in [0.5, 0.6) is 0 Å². The van der Waals surface area contributed by atoms with Crippen LogP contribution in [0.25, 0.3) is 10.8 Å². The second-order valence-electron chi connectivity index (χ2n) is 8.38. The number of likely N-dealkylation sites (tertiary alicyclic amines) is 1. The van der Waals surface area contributed by atoms with E-state index in [1.807, 2.05) is 29.3 Å². The van der Waals surface area contributed by atoms with Crippen molar-refractivity contribution in [2.24, 2.45) is 4.99 Å². The summed E-state index contributed by atoms with van der Waals surface area (Å²) in [5.41, 5.74) is 0.997. The van der Waals surface area contributed by atoms with Gasteiger partial charge in [-0.1, -0.05) is 24.3 Å². The van der Waals surface area contributed by atoms with Crippen molar-refractivity contribution < 1.29 is 4.79 Å². The molecule has 3 heterocycles. The lowest BCUT2D eigenvalue weighted by Gasteiger charge is -2.39. The highest BCUT2D eigenvalue weighted by Crippen LogP contribution is 2.18. The zero-order valence-corrected chi connectivity index (χ0v) is 18.8. The fourth-order valence-corrected chi connectivity index (χ4v) is 4.56. The molecule has 2 aliphatic heterocycles. The molecule has 31 heavy (non-hydrogen) atoms. The van der Waals surface area contributed by atoms with E-state index >= 15 is 0 Å². The third-order valence-electron chi connectivity index (χ3n) is 6.41. The van der Waals surface area contributed by atoms with Gasteiger partial charge in [-0.3, -0.25) is 14.7 Å². The van der Waals surface area contributed by atoms with Crippen molar-refractivity contribution in [1.29, 1.82) is 0 Å². The van der Waals surface area contributed by atoms with Crippen LogP contribution in [0.2, 0.25) is 0 Å². The van der Waals surface area contributed by atoms with Crippen LogP contribution in [-0.2, 0) is 11.3 Å². The lowest BCUT2D eigenvalue weighted by molar-refractivity contribution is -0.135. The summed E-state index contributed by atoms with van der Waals surface area (Å²) in [5.74, 6) is 1.21. The van der Waals surface area contributed by atoms with Crippen LogP contribution in [0.3, 0.4) is 0 Å². The van der Waals surface area contributed by atoms with Gasteiger partial charge in [0, 0.05) is 57.4 Å². The molecule has 0 saturated carbocycles. The Morgan fingerprint density at radius 2 is 1.81 bits per heavy atom. The van der Waals surface area contributed by atoms with Gasteiger partial charge < -0.3 is 15.1 Å². The summed E-state index contributed by atoms with van der Waals surface area (Å²) in [4.78, 5) is 28.9. The predicted octanol–water partition coefficient (Wildman–Crippen LogP) is 2.33. The van der Waals surface area contributed by atoms with Crippen LogP contribution in [0.4, 0.5) is 0 Å². The second-order valence-corrected chi connectivity index (χ2v) is 8.38. The van der Waals surface area contributed by atoms with E-state index in [4.69, 9.17) is 4.99 Å². The summed E-state index contributed by atoms with van der Waals surface area (Å²) in [5, 5.41) is 5.79. The Morgan fingerprint density at radius 1 is 1.06 bits per heavy atom. The van der Waals surface area contributed by atoms with Crippen molar-refractivity contribution in [3.8, 4) is 0 Å². The van der Waals surface area contributed by atoms with Gasteiger partial charge in [-0.05, 0) is 38.1 Å². The van der Waals surface area contributed by atoms with Crippen LogP contribution in [-0.4, -0.2) is 83.4 Å². The van der Waals surface area contributed by atoms with Crippen LogP contribution in [0.1, 0.15) is 32.4 Å². The summed E-state index contributed by atoms with van der Waals surface area (Å²) >= 11 is 0. The Balaban J connectivity index is 1.39. The van der Waals surface area contributed by atoms with Crippen molar-refractivity contribution in [3.05, 3.63) is 42.2 Å². The number of aromatic nitrogens is 1. The molecule has 0 aliphatic carbocycles. The lowest BCUT2D eigenvalue weighted by Crippen LogP contribution is -2.57. The molecule has 4 rings (SSSR count). The quantitative estimate of drug-likeness (QED) is 0.592. The molecule has 0 radical (unpaired) electrons. The molecule has 1 aromatic carbocycles. The molecular weight excluding hydrogens is 388 g/mol. The number of piperazine rings is 1. The standard InChI is InChI=1S/C24H34N6O/c1-3-25-24(27-18-22-21-9-5-4-8-20(21)10-11-26-22)30-16-14-28(15-17-30)19(2)23(31)29-12-6-7-13-29/h4-5,8-11,19H,3,6-7,12-18H2,1-2H3,(H,25,27). The van der Waals surface area contributed by atoms with Gasteiger partial charge in [0.25, 0.3) is 0 Å². The largest absolute Gasteiger partial charge is 0.357 e. The number of hydrogen-bond acceptors (Lipinski definition) is 4. The number of pyridine rings is 1. The zero-order chi connectivity index (χ0) is 21.6. The number of nitrogens with zero attached hydrogens (tertiary/aromatic N) is 5. The minimum absolute atomic E-state index is 0.0420. The highest BCUT2D eigenvalue weighted by molar-refractivity contribution is 5.85. The molecule has 1 unspecified atom stereocenters. The Kier molecular flexibility index (Phi) is 7.02. The van der Waals surface area contributed by atoms with Crippen molar-refractivity contribution in [1.82, 2.24) is 25.0 Å². The molecule has 166 valence electrons. The van der Waals surface area contributed by atoms with Gasteiger partial charge >= 0.3 is 0 Å². The van der Waals surface area contributed by atoms with E-state index in [2.05, 4.69) is 46.1 Å². The number of rotatable bonds is 5. The Labute approximate surface area is 185 Å². The highest BCUT2D eigenvalue weighted by atomic mass is 16.2. The minimum atomic E-state index is -0.0420. The molecule has 7 heteroatoms. The van der Waals surface area contributed by atoms with Crippen LogP contribution in [0, 0.1) is 0 Å². The van der Waals surface area contributed by atoms with Gasteiger partial charge in [0.05, 0.1) is 18.3 Å². The first kappa shape index (κ1) is 21.6. The lowest BCUT2D eigenvalue weighted by atomic mass is 10.1. The van der Waals surface area contributed by atoms with Crippen LogP contribution in [0.15, 0.2) is 41.5 Å². The number of carbonyl (C=O) groups excluding carboxylic acids is 1. The predicted molar refractivity (Wildman–Crippen MR) is 125 cm³/mol. The molecular formula is C24H34N6O. The Morgan fingerprint density at radius 3 is 2.55 bits per heavy atom. The molecule has 0 spiro atoms. The van der Waals surface area contributed by atoms with E-state index in [0.717, 1.165) is 75.7 Å². The number of nitrogens with one attached hydrogen (secondary N) is 1. The van der Waals surface area contributed by atoms with E-state index in [9.17, 15) is 4.79 Å². The maximum absolute atomic E-state index is 12.8. The summed E-state index contributed by atoms with van der Waals surface area (Å²) in [6.07, 6.45) is 4.14. The maximum atomic E-state index is 12.8. The average molecular weight is 423 g/mol. The first-order valence-corrected chi connectivity index (χ1v) is 11.6. The molecule has 2 saturated heterocycles. The van der Waals surface area contributed by atoms with Gasteiger partial charge in [-0.15, -0.1) is 0 Å². The van der Waals surface area contributed by atoms with Gasteiger partial charge in [0.1, 0.15) is 0 Å². The molecule has 1 aromatic heterocycles. The number of fused-ring (bicyclic) bond motifs is 1. The Bertz CT molecular complexity index is 910. The molecule has 1 amide bonds. The maximum Gasteiger partial charge on any atom is 0.239 e. The summed E-state index contributed by atoms with van der Waals surface area (Å²) in [7, 11) is 0. The van der Waals surface area contributed by atoms with E-state index in [0.29, 0.717) is 6.54 Å². The number of amides is 1. The van der Waals surface area contributed by atoms with Gasteiger partial charge in [0.2, 0.25) is 5.91 Å². The molecule has 0 bridgehead atoms. The normalized spacial score (nSPS) is 19.1. The number of carbonyl (C=O) groups is 1. The van der Waals surface area contributed by atoms with E-state index in [1.54, 1.807) is 0 Å². The highest BCUT2D eigenvalue weighted by Gasteiger charge is 2.30. The Hall–Kier alpha value is -2.67. The third kappa shape index (κ3) is 4.98. The number of aliphatic imine (C=N–C) groups is 1. The number of hydrogen-bond donors (Lipinski definition) is 1. The fraction of sp³-hybridized carbons (Fsp3) is 0.542. The van der Waals surface area contributed by atoms with Crippen molar-refractivity contribution in [3.63, 3.8) is 0 Å². The SMILES string of the molecule is CCNC(=NCc1nccc2ccccc12)N1CCN(C(C)C(=O)N2CCCC2)CC1. The summed E-state index contributed by atoms with van der Waals surface area (Å²) < 4.78 is 0. The number of benzene rings is 1. The first-order valence-electron chi connectivity index (χ1n) is 11.6. The second kappa shape index (κ2) is 10.1. The first-order chi connectivity index (χ1) is 15.2. The molecule has 2 aromatic rings. The number of guanidine groups is 1. The van der Waals surface area contributed by atoms with Crippen LogP contribution < -0.4 is 5.32 Å². The monoisotopic (exact) mass is 422 g/mol. The molecule has 2 aliphatic rings. The van der Waals surface area contributed by atoms with Gasteiger partial charge in [-0.25, -0.2) is 4.99 Å². The average Bonchev–Trinajstić information content (AvgIpc) is 3.36. The third-order valence-corrected chi connectivity index (χ3v) is 6.41. The van der Waals surface area contributed by atoms with Crippen LogP contribution >= 0.6 is 0 Å². The van der Waals surface area contributed by atoms with E-state index < -0.39 is 0 Å². The summed E-state index contributed by atoms with van der Waals surface area (Å²) in [6.45, 7) is 10.8. The van der Waals surface area contributed by atoms with Crippen molar-refractivity contribution in [2.75, 3.05) is 45.8 Å². The minimum Gasteiger partial charge on any atom is -0.357 e. The van der Waals surface area contributed by atoms with Crippen molar-refractivity contribution in [2.45, 2.75) is 39.3 Å². The smallest absolute Gasteiger partial charge is 0.239 e. The molecule has 1 atom stereocenters. The van der Waals surface area contributed by atoms with E-state index in [-0.39, 0.29) is 11.9 Å². The molecule has 2 fully saturated rings. The molecule has 1 N–H and O–H groups in total. The van der Waals surface area contributed by atoms with Gasteiger partial charge in [-0.2, -0.15) is 0 Å². The zero-order valence-electron chi connectivity index (χ0n) is 18.8. The van der Waals surface area contributed by atoms with Crippen molar-refractivity contribution >= 4 is 22.6 Å². The molecule has 7 nitrogen and oxygen atoms in total. The van der Waals surface area contributed by atoms with Gasteiger partial charge in [0.15, 0.2) is 5.96 Å².